The van der Waals surface area contributed by atoms with Gasteiger partial charge in [0.25, 0.3) is 5.56 Å². The van der Waals surface area contributed by atoms with Crippen LogP contribution in [0.2, 0.25) is 0 Å². The van der Waals surface area contributed by atoms with Gasteiger partial charge in [0.1, 0.15) is 17.2 Å². The topological polar surface area (TPSA) is 95.5 Å². The van der Waals surface area contributed by atoms with Crippen molar-refractivity contribution in [2.24, 2.45) is 0 Å². The van der Waals surface area contributed by atoms with Crippen molar-refractivity contribution in [1.82, 2.24) is 9.38 Å². The molecule has 0 spiro atoms. The molecule has 6 heteroatoms. The Hall–Kier alpha value is -2.68. The van der Waals surface area contributed by atoms with Gasteiger partial charge in [-0.15, -0.1) is 0 Å². The molecule has 16 heavy (non-hydrogen) atoms. The lowest BCUT2D eigenvalue weighted by Gasteiger charge is -2.02. The minimum Gasteiger partial charge on any atom is -0.478 e. The minimum atomic E-state index is -1.17. The second-order valence-electron chi connectivity index (χ2n) is 3.01. The summed E-state index contributed by atoms with van der Waals surface area (Å²) >= 11 is 0. The van der Waals surface area contributed by atoms with E-state index in [1.54, 1.807) is 6.07 Å². The van der Waals surface area contributed by atoms with Crippen molar-refractivity contribution in [3.8, 4) is 6.07 Å². The van der Waals surface area contributed by atoms with E-state index >= 15 is 0 Å². The Morgan fingerprint density at radius 3 is 2.94 bits per heavy atom. The molecule has 78 valence electrons. The summed E-state index contributed by atoms with van der Waals surface area (Å²) in [5.74, 6) is -1.17. The fourth-order valence-corrected chi connectivity index (χ4v) is 1.35. The van der Waals surface area contributed by atoms with E-state index in [0.717, 1.165) is 10.6 Å². The highest BCUT2D eigenvalue weighted by atomic mass is 16.4. The number of hydrogen-bond donors (Lipinski definition) is 1. The Bertz CT molecular complexity index is 682. The number of fused-ring (bicyclic) bond motifs is 1. The lowest BCUT2D eigenvalue weighted by Crippen LogP contribution is -2.19. The van der Waals surface area contributed by atoms with Crippen LogP contribution in [0, 0.1) is 11.3 Å². The third-order valence-electron chi connectivity index (χ3n) is 2.08. The normalized spacial score (nSPS) is 9.94. The monoisotopic (exact) mass is 215 g/mol. The number of nitrogens with zero attached hydrogens (tertiary/aromatic N) is 3. The number of nitriles is 1. The van der Waals surface area contributed by atoms with Crippen LogP contribution in [0.15, 0.2) is 29.3 Å². The number of hydrogen-bond acceptors (Lipinski definition) is 4. The molecular weight excluding hydrogens is 210 g/mol. The van der Waals surface area contributed by atoms with Crippen molar-refractivity contribution in [3.05, 3.63) is 46.0 Å². The summed E-state index contributed by atoms with van der Waals surface area (Å²) in [5.41, 5.74) is -0.751. The first kappa shape index (κ1) is 9.86. The number of carboxylic acid groups (broad SMARTS) is 1. The summed E-state index contributed by atoms with van der Waals surface area (Å²) in [6.07, 6.45) is 2.45. The maximum Gasteiger partial charge on any atom is 0.339 e. The first-order valence-electron chi connectivity index (χ1n) is 4.29. The molecule has 2 heterocycles. The summed E-state index contributed by atoms with van der Waals surface area (Å²) in [7, 11) is 0. The van der Waals surface area contributed by atoms with Crippen LogP contribution < -0.4 is 5.56 Å². The van der Waals surface area contributed by atoms with E-state index in [2.05, 4.69) is 4.98 Å². The van der Waals surface area contributed by atoms with Crippen LogP contribution in [-0.2, 0) is 0 Å². The van der Waals surface area contributed by atoms with Crippen LogP contribution in [-0.4, -0.2) is 20.5 Å². The van der Waals surface area contributed by atoms with Crippen LogP contribution in [0.25, 0.3) is 5.65 Å². The van der Waals surface area contributed by atoms with Gasteiger partial charge in [-0.2, -0.15) is 5.26 Å². The second kappa shape index (κ2) is 3.47. The third-order valence-corrected chi connectivity index (χ3v) is 2.08. The van der Waals surface area contributed by atoms with E-state index in [9.17, 15) is 9.59 Å². The summed E-state index contributed by atoms with van der Waals surface area (Å²) in [6, 6.07) is 4.45. The molecule has 0 aromatic carbocycles. The molecule has 2 aromatic heterocycles. The number of rotatable bonds is 1. The standard InChI is InChI=1S/C10H5N3O3/c11-4-6-5-12-8-7(10(15)16)2-1-3-13(8)9(6)14/h1-3,5H,(H,15,16). The van der Waals surface area contributed by atoms with E-state index in [1.165, 1.54) is 18.3 Å². The molecule has 0 saturated heterocycles. The third kappa shape index (κ3) is 1.31. The summed E-state index contributed by atoms with van der Waals surface area (Å²) in [4.78, 5) is 26.3. The predicted molar refractivity (Wildman–Crippen MR) is 53.1 cm³/mol. The molecule has 1 N–H and O–H groups in total. The molecule has 0 saturated carbocycles. The highest BCUT2D eigenvalue weighted by Crippen LogP contribution is 2.06. The maximum atomic E-state index is 11.6. The summed E-state index contributed by atoms with van der Waals surface area (Å²) < 4.78 is 1.04. The predicted octanol–water partition coefficient (Wildman–Crippen LogP) is 0.264. The number of aromatic nitrogens is 2. The van der Waals surface area contributed by atoms with E-state index in [1.807, 2.05) is 0 Å². The number of carboxylic acids is 1. The van der Waals surface area contributed by atoms with Crippen molar-refractivity contribution in [2.75, 3.05) is 0 Å². The van der Waals surface area contributed by atoms with Crippen LogP contribution in [0.4, 0.5) is 0 Å². The smallest absolute Gasteiger partial charge is 0.339 e. The molecule has 0 aliphatic carbocycles. The van der Waals surface area contributed by atoms with Gasteiger partial charge >= 0.3 is 5.97 Å². The zero-order valence-electron chi connectivity index (χ0n) is 7.91. The minimum absolute atomic E-state index is 0.0269. The molecule has 0 amide bonds. The zero-order chi connectivity index (χ0) is 11.7. The molecule has 0 bridgehead atoms. The SMILES string of the molecule is N#Cc1cnc2c(C(=O)O)cccn2c1=O. The average molecular weight is 215 g/mol. The molecule has 0 radical (unpaired) electrons. The van der Waals surface area contributed by atoms with E-state index in [0.29, 0.717) is 0 Å². The molecule has 0 atom stereocenters. The molecular formula is C10H5N3O3. The van der Waals surface area contributed by atoms with Gasteiger partial charge in [-0.3, -0.25) is 9.20 Å². The fourth-order valence-electron chi connectivity index (χ4n) is 1.35. The van der Waals surface area contributed by atoms with Crippen molar-refractivity contribution < 1.29 is 9.90 Å². The Kier molecular flexibility index (Phi) is 2.14. The van der Waals surface area contributed by atoms with Crippen molar-refractivity contribution in [1.29, 1.82) is 5.26 Å². The number of pyridine rings is 1. The lowest BCUT2D eigenvalue weighted by molar-refractivity contribution is 0.0698. The molecule has 0 fully saturated rings. The van der Waals surface area contributed by atoms with Crippen LogP contribution >= 0.6 is 0 Å². The molecule has 2 aromatic rings. The van der Waals surface area contributed by atoms with Gasteiger partial charge in [-0.25, -0.2) is 9.78 Å². The number of aromatic carboxylic acids is 1. The van der Waals surface area contributed by atoms with Crippen molar-refractivity contribution >= 4 is 11.6 Å². The molecule has 2 rings (SSSR count). The number of carbonyl (C=O) groups is 1. The van der Waals surface area contributed by atoms with E-state index in [4.69, 9.17) is 10.4 Å². The highest BCUT2D eigenvalue weighted by Gasteiger charge is 2.11. The zero-order valence-corrected chi connectivity index (χ0v) is 7.91. The van der Waals surface area contributed by atoms with Gasteiger partial charge in [0.05, 0.1) is 6.20 Å². The first-order chi connectivity index (χ1) is 7.65. The van der Waals surface area contributed by atoms with Gasteiger partial charge in [0, 0.05) is 6.20 Å². The largest absolute Gasteiger partial charge is 0.478 e. The van der Waals surface area contributed by atoms with Crippen molar-refractivity contribution in [2.45, 2.75) is 0 Å². The average Bonchev–Trinajstić information content (AvgIpc) is 2.29. The van der Waals surface area contributed by atoms with Gasteiger partial charge < -0.3 is 5.11 Å². The Labute approximate surface area is 89.0 Å². The lowest BCUT2D eigenvalue weighted by atomic mass is 10.2. The van der Waals surface area contributed by atoms with Gasteiger partial charge in [-0.1, -0.05) is 0 Å². The second-order valence-corrected chi connectivity index (χ2v) is 3.01. The highest BCUT2D eigenvalue weighted by molar-refractivity contribution is 5.94. The van der Waals surface area contributed by atoms with E-state index < -0.39 is 11.5 Å². The van der Waals surface area contributed by atoms with Crippen LogP contribution in [0.5, 0.6) is 0 Å². The van der Waals surface area contributed by atoms with Gasteiger partial charge in [-0.05, 0) is 12.1 Å². The molecule has 0 aliphatic heterocycles. The van der Waals surface area contributed by atoms with E-state index in [-0.39, 0.29) is 16.8 Å². The Balaban J connectivity index is 2.95. The van der Waals surface area contributed by atoms with Gasteiger partial charge in [0.15, 0.2) is 5.65 Å². The fraction of sp³-hybridized carbons (Fsp3) is 0. The first-order valence-corrected chi connectivity index (χ1v) is 4.29. The van der Waals surface area contributed by atoms with Crippen LogP contribution in [0.3, 0.4) is 0 Å². The quantitative estimate of drug-likeness (QED) is 0.736. The Morgan fingerprint density at radius 2 is 2.31 bits per heavy atom. The molecule has 0 aliphatic rings. The van der Waals surface area contributed by atoms with Crippen LogP contribution in [0.1, 0.15) is 15.9 Å². The van der Waals surface area contributed by atoms with Gasteiger partial charge in [0.2, 0.25) is 0 Å². The maximum absolute atomic E-state index is 11.6. The Morgan fingerprint density at radius 1 is 1.56 bits per heavy atom. The summed E-state index contributed by atoms with van der Waals surface area (Å²) in [6.45, 7) is 0. The molecule has 0 unspecified atom stereocenters. The molecule has 6 nitrogen and oxygen atoms in total. The summed E-state index contributed by atoms with van der Waals surface area (Å²) in [5, 5.41) is 17.5. The van der Waals surface area contributed by atoms with Crippen molar-refractivity contribution in [3.63, 3.8) is 0 Å².